The number of hydrogen-bond acceptors (Lipinski definition) is 4. The molecular formula is C24H25BrN2O3. The summed E-state index contributed by atoms with van der Waals surface area (Å²) in [6, 6.07) is 19.7. The summed E-state index contributed by atoms with van der Waals surface area (Å²) in [4.78, 5) is 12.3. The van der Waals surface area contributed by atoms with E-state index in [0.717, 1.165) is 27.0 Å². The number of benzene rings is 3. The van der Waals surface area contributed by atoms with Crippen LogP contribution >= 0.6 is 15.9 Å². The minimum absolute atomic E-state index is 0.121. The second kappa shape index (κ2) is 10.2. The van der Waals surface area contributed by atoms with Gasteiger partial charge in [0.25, 0.3) is 5.91 Å². The maximum Gasteiger partial charge on any atom is 0.262 e. The molecule has 0 bridgehead atoms. The molecule has 0 saturated heterocycles. The van der Waals surface area contributed by atoms with Crippen LogP contribution in [-0.4, -0.2) is 19.6 Å². The van der Waals surface area contributed by atoms with Gasteiger partial charge in [0.1, 0.15) is 0 Å². The summed E-state index contributed by atoms with van der Waals surface area (Å²) in [5, 5.41) is 6.22. The van der Waals surface area contributed by atoms with Crippen LogP contribution in [0.25, 0.3) is 0 Å². The number of methoxy groups -OCH3 is 1. The zero-order chi connectivity index (χ0) is 21.5. The minimum Gasteiger partial charge on any atom is -0.493 e. The highest BCUT2D eigenvalue weighted by Gasteiger charge is 2.14. The summed E-state index contributed by atoms with van der Waals surface area (Å²) in [6.07, 6.45) is 0. The van der Waals surface area contributed by atoms with Gasteiger partial charge in [-0.3, -0.25) is 4.79 Å². The quantitative estimate of drug-likeness (QED) is 0.444. The summed E-state index contributed by atoms with van der Waals surface area (Å²) in [6.45, 7) is 4.55. The molecular weight excluding hydrogens is 444 g/mol. The highest BCUT2D eigenvalue weighted by atomic mass is 79.9. The van der Waals surface area contributed by atoms with Crippen molar-refractivity contribution in [3.8, 4) is 11.5 Å². The van der Waals surface area contributed by atoms with E-state index in [2.05, 4.69) is 45.6 Å². The third-order valence-corrected chi connectivity index (χ3v) is 5.08. The molecule has 0 aromatic heterocycles. The van der Waals surface area contributed by atoms with Gasteiger partial charge >= 0.3 is 0 Å². The average molecular weight is 469 g/mol. The number of ether oxygens (including phenoxy) is 2. The molecule has 30 heavy (non-hydrogen) atoms. The maximum atomic E-state index is 12.3. The van der Waals surface area contributed by atoms with Gasteiger partial charge in [0.05, 0.1) is 11.6 Å². The van der Waals surface area contributed by atoms with Gasteiger partial charge in [0, 0.05) is 17.9 Å². The summed E-state index contributed by atoms with van der Waals surface area (Å²) >= 11 is 3.54. The molecule has 3 aromatic rings. The summed E-state index contributed by atoms with van der Waals surface area (Å²) in [5.74, 6) is 0.823. The Kier molecular flexibility index (Phi) is 7.36. The molecule has 0 heterocycles. The third-order valence-electron chi connectivity index (χ3n) is 4.49. The van der Waals surface area contributed by atoms with Crippen molar-refractivity contribution < 1.29 is 14.3 Å². The highest BCUT2D eigenvalue weighted by molar-refractivity contribution is 9.10. The number of nitrogens with one attached hydrogen (secondary N) is 2. The molecule has 6 heteroatoms. The normalized spacial score (nSPS) is 10.4. The fraction of sp³-hybridized carbons (Fsp3) is 0.208. The van der Waals surface area contributed by atoms with E-state index < -0.39 is 0 Å². The number of rotatable bonds is 8. The van der Waals surface area contributed by atoms with Crippen molar-refractivity contribution >= 4 is 33.2 Å². The van der Waals surface area contributed by atoms with Crippen LogP contribution in [0.4, 0.5) is 11.4 Å². The lowest BCUT2D eigenvalue weighted by molar-refractivity contribution is -0.118. The van der Waals surface area contributed by atoms with Crippen molar-refractivity contribution in [1.82, 2.24) is 0 Å². The molecule has 0 aliphatic rings. The van der Waals surface area contributed by atoms with E-state index in [0.29, 0.717) is 18.0 Å². The second-order valence-electron chi connectivity index (χ2n) is 7.03. The molecule has 0 aliphatic heterocycles. The Morgan fingerprint density at radius 1 is 0.967 bits per heavy atom. The van der Waals surface area contributed by atoms with Gasteiger partial charge in [0.2, 0.25) is 0 Å². The van der Waals surface area contributed by atoms with Gasteiger partial charge in [-0.15, -0.1) is 0 Å². The molecule has 3 rings (SSSR count). The van der Waals surface area contributed by atoms with Crippen LogP contribution in [0, 0.1) is 13.8 Å². The first-order valence-electron chi connectivity index (χ1n) is 9.61. The fourth-order valence-electron chi connectivity index (χ4n) is 2.95. The van der Waals surface area contributed by atoms with Crippen molar-refractivity contribution in [3.05, 3.63) is 81.8 Å². The zero-order valence-corrected chi connectivity index (χ0v) is 18.9. The van der Waals surface area contributed by atoms with Gasteiger partial charge in [-0.25, -0.2) is 0 Å². The lowest BCUT2D eigenvalue weighted by Gasteiger charge is -2.15. The molecule has 156 valence electrons. The molecule has 0 radical (unpaired) electrons. The summed E-state index contributed by atoms with van der Waals surface area (Å²) in [7, 11) is 1.58. The largest absolute Gasteiger partial charge is 0.493 e. The number of halogens is 1. The van der Waals surface area contributed by atoms with Crippen LogP contribution in [0.2, 0.25) is 0 Å². The van der Waals surface area contributed by atoms with Gasteiger partial charge in [-0.05, 0) is 77.3 Å². The molecule has 0 spiro atoms. The lowest BCUT2D eigenvalue weighted by Crippen LogP contribution is -2.20. The molecule has 0 aliphatic carbocycles. The van der Waals surface area contributed by atoms with E-state index in [1.807, 2.05) is 55.5 Å². The molecule has 5 nitrogen and oxygen atoms in total. The van der Waals surface area contributed by atoms with Gasteiger partial charge in [0.15, 0.2) is 18.1 Å². The first kappa shape index (κ1) is 21.7. The van der Waals surface area contributed by atoms with Crippen molar-refractivity contribution in [3.63, 3.8) is 0 Å². The van der Waals surface area contributed by atoms with Crippen molar-refractivity contribution in [2.24, 2.45) is 0 Å². The average Bonchev–Trinajstić information content (AvgIpc) is 2.72. The predicted octanol–water partition coefficient (Wildman–Crippen LogP) is 5.70. The van der Waals surface area contributed by atoms with Crippen LogP contribution in [0.3, 0.4) is 0 Å². The molecule has 0 saturated carbocycles. The Morgan fingerprint density at radius 2 is 1.73 bits per heavy atom. The van der Waals surface area contributed by atoms with Gasteiger partial charge in [-0.2, -0.15) is 0 Å². The molecule has 3 aromatic carbocycles. The molecule has 0 unspecified atom stereocenters. The lowest BCUT2D eigenvalue weighted by atomic mass is 10.2. The smallest absolute Gasteiger partial charge is 0.262 e. The summed E-state index contributed by atoms with van der Waals surface area (Å²) < 4.78 is 12.0. The number of hydrogen-bond donors (Lipinski definition) is 2. The van der Waals surface area contributed by atoms with Crippen LogP contribution in [0.1, 0.15) is 16.7 Å². The first-order chi connectivity index (χ1) is 14.4. The Morgan fingerprint density at radius 3 is 2.43 bits per heavy atom. The van der Waals surface area contributed by atoms with E-state index in [9.17, 15) is 4.79 Å². The Hall–Kier alpha value is -2.99. The highest BCUT2D eigenvalue weighted by Crippen LogP contribution is 2.37. The van der Waals surface area contributed by atoms with E-state index in [1.54, 1.807) is 7.11 Å². The Bertz CT molecular complexity index is 1020. The van der Waals surface area contributed by atoms with Gasteiger partial charge < -0.3 is 20.1 Å². The van der Waals surface area contributed by atoms with Crippen LogP contribution in [0.5, 0.6) is 11.5 Å². The Labute approximate surface area is 185 Å². The first-order valence-corrected chi connectivity index (χ1v) is 10.4. The van der Waals surface area contributed by atoms with Crippen molar-refractivity contribution in [2.45, 2.75) is 20.4 Å². The van der Waals surface area contributed by atoms with Gasteiger partial charge in [-0.1, -0.05) is 29.8 Å². The number of anilines is 2. The van der Waals surface area contributed by atoms with Crippen molar-refractivity contribution in [1.29, 1.82) is 0 Å². The van der Waals surface area contributed by atoms with Crippen molar-refractivity contribution in [2.75, 3.05) is 24.4 Å². The van der Waals surface area contributed by atoms with E-state index in [4.69, 9.17) is 9.47 Å². The van der Waals surface area contributed by atoms with Crippen LogP contribution < -0.4 is 20.1 Å². The molecule has 0 atom stereocenters. The SMILES string of the molecule is COc1cc(CNc2ccc(C)cc2)cc(Br)c1OCC(=O)Nc1cccc(C)c1. The molecule has 0 fully saturated rings. The van der Waals surface area contributed by atoms with E-state index in [1.165, 1.54) is 5.56 Å². The molecule has 1 amide bonds. The number of aryl methyl sites for hydroxylation is 2. The number of amides is 1. The fourth-order valence-corrected chi connectivity index (χ4v) is 3.55. The van der Waals surface area contributed by atoms with E-state index >= 15 is 0 Å². The molecule has 2 N–H and O–H groups in total. The number of carbonyl (C=O) groups is 1. The third kappa shape index (κ3) is 6.00. The van der Waals surface area contributed by atoms with E-state index in [-0.39, 0.29) is 12.5 Å². The number of carbonyl (C=O) groups excluding carboxylic acids is 1. The zero-order valence-electron chi connectivity index (χ0n) is 17.3. The standard InChI is InChI=1S/C24H25BrN2O3/c1-16-7-9-19(10-8-16)26-14-18-12-21(25)24(22(13-18)29-3)30-15-23(28)27-20-6-4-5-17(2)11-20/h4-13,26H,14-15H2,1-3H3,(H,27,28). The minimum atomic E-state index is -0.236. The second-order valence-corrected chi connectivity index (χ2v) is 7.89. The van der Waals surface area contributed by atoms with Crippen LogP contribution in [0.15, 0.2) is 65.1 Å². The summed E-state index contributed by atoms with van der Waals surface area (Å²) in [5.41, 5.74) is 5.11. The Balaban J connectivity index is 1.63. The monoisotopic (exact) mass is 468 g/mol. The van der Waals surface area contributed by atoms with Crippen LogP contribution in [-0.2, 0) is 11.3 Å². The topological polar surface area (TPSA) is 59.6 Å². The maximum absolute atomic E-state index is 12.3. The predicted molar refractivity (Wildman–Crippen MR) is 125 cm³/mol.